The molecule has 5 nitrogen and oxygen atoms in total. The molecule has 0 spiro atoms. The van der Waals surface area contributed by atoms with Crippen LogP contribution in [0.15, 0.2) is 24.3 Å². The fourth-order valence-corrected chi connectivity index (χ4v) is 2.31. The summed E-state index contributed by atoms with van der Waals surface area (Å²) < 4.78 is 1.86. The van der Waals surface area contributed by atoms with Crippen molar-refractivity contribution in [2.75, 3.05) is 11.9 Å². The number of urea groups is 1. The van der Waals surface area contributed by atoms with Crippen LogP contribution in [0.25, 0.3) is 0 Å². The second-order valence-electron chi connectivity index (χ2n) is 4.91. The summed E-state index contributed by atoms with van der Waals surface area (Å²) >= 11 is 5.80. The molecule has 2 amide bonds. The number of halogens is 1. The second-order valence-corrected chi connectivity index (χ2v) is 5.35. The molecule has 0 fully saturated rings. The third kappa shape index (κ3) is 3.98. The Kier molecular flexibility index (Phi) is 4.85. The van der Waals surface area contributed by atoms with Crippen LogP contribution in [0.2, 0.25) is 5.02 Å². The van der Waals surface area contributed by atoms with Gasteiger partial charge in [-0.2, -0.15) is 5.10 Å². The van der Waals surface area contributed by atoms with Crippen molar-refractivity contribution in [3.8, 4) is 0 Å². The number of rotatable bonds is 4. The van der Waals surface area contributed by atoms with Crippen molar-refractivity contribution in [2.24, 2.45) is 7.05 Å². The Morgan fingerprint density at radius 1 is 1.29 bits per heavy atom. The fourth-order valence-electron chi connectivity index (χ4n) is 2.19. The Balaban J connectivity index is 1.83. The van der Waals surface area contributed by atoms with Crippen molar-refractivity contribution < 1.29 is 4.79 Å². The minimum atomic E-state index is -0.225. The van der Waals surface area contributed by atoms with Crippen molar-refractivity contribution in [1.29, 1.82) is 0 Å². The maximum atomic E-state index is 11.8. The van der Waals surface area contributed by atoms with Gasteiger partial charge in [0.05, 0.1) is 5.69 Å². The summed E-state index contributed by atoms with van der Waals surface area (Å²) in [6.07, 6.45) is 0.763. The van der Waals surface area contributed by atoms with E-state index in [2.05, 4.69) is 15.7 Å². The molecular formula is C15H19ClN4O. The summed E-state index contributed by atoms with van der Waals surface area (Å²) in [5, 5.41) is 10.6. The van der Waals surface area contributed by atoms with E-state index in [1.807, 2.05) is 25.6 Å². The van der Waals surface area contributed by atoms with Crippen LogP contribution in [0.3, 0.4) is 0 Å². The molecule has 2 aromatic rings. The predicted octanol–water partition coefficient (Wildman–Crippen LogP) is 3.05. The molecule has 0 saturated carbocycles. The molecule has 2 rings (SSSR count). The second kappa shape index (κ2) is 6.63. The lowest BCUT2D eigenvalue weighted by atomic mass is 10.1. The standard InChI is InChI=1S/C15H19ClN4O/c1-10-14(11(2)20(3)19-10)8-9-17-15(21)18-13-6-4-12(16)5-7-13/h4-7H,8-9H2,1-3H3,(H2,17,18,21). The minimum absolute atomic E-state index is 0.225. The number of carbonyl (C=O) groups is 1. The molecule has 0 aliphatic carbocycles. The van der Waals surface area contributed by atoms with Gasteiger partial charge in [0.1, 0.15) is 0 Å². The maximum Gasteiger partial charge on any atom is 0.319 e. The molecule has 0 radical (unpaired) electrons. The third-order valence-corrected chi connectivity index (χ3v) is 3.67. The average molecular weight is 307 g/mol. The Morgan fingerprint density at radius 2 is 1.95 bits per heavy atom. The number of hydrogen-bond acceptors (Lipinski definition) is 2. The van der Waals surface area contributed by atoms with E-state index in [1.165, 1.54) is 5.56 Å². The number of amides is 2. The van der Waals surface area contributed by atoms with E-state index in [4.69, 9.17) is 11.6 Å². The van der Waals surface area contributed by atoms with Crippen molar-refractivity contribution in [3.63, 3.8) is 0 Å². The Hall–Kier alpha value is -2.01. The Labute approximate surface area is 129 Å². The van der Waals surface area contributed by atoms with E-state index in [1.54, 1.807) is 24.3 Å². The highest BCUT2D eigenvalue weighted by atomic mass is 35.5. The van der Waals surface area contributed by atoms with Gasteiger partial charge in [-0.15, -0.1) is 0 Å². The molecule has 0 saturated heterocycles. The zero-order valence-corrected chi connectivity index (χ0v) is 13.2. The maximum absolute atomic E-state index is 11.8. The number of aromatic nitrogens is 2. The van der Waals surface area contributed by atoms with Crippen LogP contribution >= 0.6 is 11.6 Å². The van der Waals surface area contributed by atoms with Crippen LogP contribution in [0, 0.1) is 13.8 Å². The number of carbonyl (C=O) groups excluding carboxylic acids is 1. The topological polar surface area (TPSA) is 59.0 Å². The van der Waals surface area contributed by atoms with Crippen molar-refractivity contribution in [1.82, 2.24) is 15.1 Å². The first-order chi connectivity index (χ1) is 9.97. The summed E-state index contributed by atoms with van der Waals surface area (Å²) in [6, 6.07) is 6.77. The van der Waals surface area contributed by atoms with Gasteiger partial charge in [-0.05, 0) is 50.1 Å². The van der Waals surface area contributed by atoms with Crippen LogP contribution < -0.4 is 10.6 Å². The van der Waals surface area contributed by atoms with Gasteiger partial charge >= 0.3 is 6.03 Å². The lowest BCUT2D eigenvalue weighted by Crippen LogP contribution is -2.30. The minimum Gasteiger partial charge on any atom is -0.338 e. The van der Waals surface area contributed by atoms with E-state index in [0.29, 0.717) is 17.3 Å². The van der Waals surface area contributed by atoms with Gasteiger partial charge in [-0.1, -0.05) is 11.6 Å². The first-order valence-corrected chi connectivity index (χ1v) is 7.14. The number of hydrogen-bond donors (Lipinski definition) is 2. The molecule has 1 aromatic heterocycles. The number of anilines is 1. The molecule has 2 N–H and O–H groups in total. The molecule has 0 atom stereocenters. The molecule has 0 unspecified atom stereocenters. The molecule has 112 valence electrons. The normalized spacial score (nSPS) is 10.5. The van der Waals surface area contributed by atoms with E-state index in [0.717, 1.165) is 17.8 Å². The largest absolute Gasteiger partial charge is 0.338 e. The van der Waals surface area contributed by atoms with Crippen LogP contribution in [0.4, 0.5) is 10.5 Å². The SMILES string of the molecule is Cc1nn(C)c(C)c1CCNC(=O)Nc1ccc(Cl)cc1. The summed E-state index contributed by atoms with van der Waals surface area (Å²) in [5.41, 5.74) is 4.04. The van der Waals surface area contributed by atoms with Gasteiger partial charge in [0.25, 0.3) is 0 Å². The van der Waals surface area contributed by atoms with Crippen molar-refractivity contribution >= 4 is 23.3 Å². The number of aryl methyl sites for hydroxylation is 2. The van der Waals surface area contributed by atoms with Crippen LogP contribution in [-0.4, -0.2) is 22.4 Å². The lowest BCUT2D eigenvalue weighted by molar-refractivity contribution is 0.252. The van der Waals surface area contributed by atoms with Gasteiger partial charge in [0.15, 0.2) is 0 Å². The van der Waals surface area contributed by atoms with Crippen LogP contribution in [0.1, 0.15) is 17.0 Å². The number of benzene rings is 1. The highest BCUT2D eigenvalue weighted by Crippen LogP contribution is 2.13. The highest BCUT2D eigenvalue weighted by Gasteiger charge is 2.09. The molecule has 1 aromatic carbocycles. The monoisotopic (exact) mass is 306 g/mol. The third-order valence-electron chi connectivity index (χ3n) is 3.42. The summed E-state index contributed by atoms with van der Waals surface area (Å²) in [6.45, 7) is 4.58. The zero-order valence-electron chi connectivity index (χ0n) is 12.4. The molecule has 21 heavy (non-hydrogen) atoms. The number of nitrogens with one attached hydrogen (secondary N) is 2. The van der Waals surface area contributed by atoms with Gasteiger partial charge in [0, 0.05) is 30.0 Å². The van der Waals surface area contributed by atoms with Gasteiger partial charge < -0.3 is 10.6 Å². The molecule has 6 heteroatoms. The van der Waals surface area contributed by atoms with Gasteiger partial charge in [-0.25, -0.2) is 4.79 Å². The first-order valence-electron chi connectivity index (χ1n) is 6.77. The Bertz CT molecular complexity index is 634. The van der Waals surface area contributed by atoms with E-state index in [9.17, 15) is 4.79 Å². The molecule has 0 aliphatic rings. The average Bonchev–Trinajstić information content (AvgIpc) is 2.68. The summed E-state index contributed by atoms with van der Waals surface area (Å²) in [4.78, 5) is 11.8. The van der Waals surface area contributed by atoms with Gasteiger partial charge in [0.2, 0.25) is 0 Å². The highest BCUT2D eigenvalue weighted by molar-refractivity contribution is 6.30. The lowest BCUT2D eigenvalue weighted by Gasteiger charge is -2.08. The van der Waals surface area contributed by atoms with Crippen molar-refractivity contribution in [3.05, 3.63) is 46.2 Å². The van der Waals surface area contributed by atoms with Crippen LogP contribution in [-0.2, 0) is 13.5 Å². The predicted molar refractivity (Wildman–Crippen MR) is 84.9 cm³/mol. The summed E-state index contributed by atoms with van der Waals surface area (Å²) in [7, 11) is 1.92. The van der Waals surface area contributed by atoms with E-state index < -0.39 is 0 Å². The smallest absolute Gasteiger partial charge is 0.319 e. The quantitative estimate of drug-likeness (QED) is 0.912. The molecule has 0 aliphatic heterocycles. The zero-order chi connectivity index (χ0) is 15.4. The fraction of sp³-hybridized carbons (Fsp3) is 0.333. The molecule has 1 heterocycles. The van der Waals surface area contributed by atoms with E-state index in [-0.39, 0.29) is 6.03 Å². The van der Waals surface area contributed by atoms with Crippen LogP contribution in [0.5, 0.6) is 0 Å². The molecule has 0 bridgehead atoms. The van der Waals surface area contributed by atoms with E-state index >= 15 is 0 Å². The summed E-state index contributed by atoms with van der Waals surface area (Å²) in [5.74, 6) is 0. The first kappa shape index (κ1) is 15.4. The molecular weight excluding hydrogens is 288 g/mol. The Morgan fingerprint density at radius 3 is 2.52 bits per heavy atom. The van der Waals surface area contributed by atoms with Crippen molar-refractivity contribution in [2.45, 2.75) is 20.3 Å². The number of nitrogens with zero attached hydrogens (tertiary/aromatic N) is 2. The van der Waals surface area contributed by atoms with Gasteiger partial charge in [-0.3, -0.25) is 4.68 Å².